The highest BCUT2D eigenvalue weighted by atomic mass is 35.5. The van der Waals surface area contributed by atoms with Gasteiger partial charge in [-0.25, -0.2) is 4.98 Å². The summed E-state index contributed by atoms with van der Waals surface area (Å²) in [5, 5.41) is 0. The number of rotatable bonds is 3. The molecule has 0 saturated carbocycles. The van der Waals surface area contributed by atoms with Crippen molar-refractivity contribution in [1.29, 1.82) is 0 Å². The third-order valence-electron chi connectivity index (χ3n) is 3.16. The molecule has 1 amide bonds. The van der Waals surface area contributed by atoms with E-state index in [-0.39, 0.29) is 5.91 Å². The number of hydrogen-bond donors (Lipinski definition) is 0. The summed E-state index contributed by atoms with van der Waals surface area (Å²) < 4.78 is 5.37. The van der Waals surface area contributed by atoms with E-state index in [4.69, 9.17) is 16.0 Å². The Morgan fingerprint density at radius 3 is 2.50 bits per heavy atom. The number of carbonyl (C=O) groups is 1. The number of alkyl halides is 1. The number of piperazine rings is 1. The van der Waals surface area contributed by atoms with Crippen LogP contribution in [0, 0.1) is 13.8 Å². The monoisotopic (exact) mass is 271 g/mol. The van der Waals surface area contributed by atoms with Gasteiger partial charge >= 0.3 is 0 Å². The molecule has 0 N–H and O–H groups in total. The molecule has 1 saturated heterocycles. The van der Waals surface area contributed by atoms with E-state index in [0.717, 1.165) is 32.7 Å². The second kappa shape index (κ2) is 5.71. The molecule has 0 aromatic carbocycles. The van der Waals surface area contributed by atoms with Gasteiger partial charge in [-0.1, -0.05) is 0 Å². The van der Waals surface area contributed by atoms with E-state index < -0.39 is 0 Å². The molecule has 1 fully saturated rings. The number of aromatic nitrogens is 1. The average Bonchev–Trinajstić information content (AvgIpc) is 2.69. The zero-order chi connectivity index (χ0) is 13.1. The maximum atomic E-state index is 12.2. The minimum absolute atomic E-state index is 0.0568. The van der Waals surface area contributed by atoms with Crippen molar-refractivity contribution >= 4 is 17.5 Å². The van der Waals surface area contributed by atoms with E-state index in [2.05, 4.69) is 9.88 Å². The number of hydrogen-bond acceptors (Lipinski definition) is 4. The Labute approximate surface area is 112 Å². The molecule has 1 aliphatic heterocycles. The first-order chi connectivity index (χ1) is 8.61. The van der Waals surface area contributed by atoms with Gasteiger partial charge in [0.15, 0.2) is 5.89 Å². The van der Waals surface area contributed by atoms with Crippen molar-refractivity contribution in [2.45, 2.75) is 13.8 Å². The second-order valence-corrected chi connectivity index (χ2v) is 4.85. The smallest absolute Gasteiger partial charge is 0.291 e. The standard InChI is InChI=1S/C12H18ClN3O2/c1-9-11(18-10(2)14-9)12(17)16-7-5-15(4-3-13)6-8-16/h3-8H2,1-2H3. The Hall–Kier alpha value is -1.07. The van der Waals surface area contributed by atoms with Crippen LogP contribution in [-0.4, -0.2) is 59.3 Å². The van der Waals surface area contributed by atoms with Crippen molar-refractivity contribution in [2.24, 2.45) is 0 Å². The molecule has 0 unspecified atom stereocenters. The molecule has 6 heteroatoms. The van der Waals surface area contributed by atoms with Gasteiger partial charge in [-0.3, -0.25) is 9.69 Å². The lowest BCUT2D eigenvalue weighted by Gasteiger charge is -2.33. The Bertz CT molecular complexity index is 425. The summed E-state index contributed by atoms with van der Waals surface area (Å²) in [7, 11) is 0. The molecule has 2 heterocycles. The van der Waals surface area contributed by atoms with Gasteiger partial charge in [-0.2, -0.15) is 0 Å². The number of oxazole rings is 1. The SMILES string of the molecule is Cc1nc(C)c(C(=O)N2CCN(CCCl)CC2)o1. The highest BCUT2D eigenvalue weighted by Crippen LogP contribution is 2.14. The highest BCUT2D eigenvalue weighted by Gasteiger charge is 2.25. The van der Waals surface area contributed by atoms with Gasteiger partial charge in [-0.05, 0) is 6.92 Å². The maximum Gasteiger partial charge on any atom is 0.291 e. The molecule has 0 atom stereocenters. The number of carbonyl (C=O) groups excluding carboxylic acids is 1. The Balaban J connectivity index is 1.97. The lowest BCUT2D eigenvalue weighted by molar-refractivity contribution is 0.0611. The lowest BCUT2D eigenvalue weighted by atomic mass is 10.2. The van der Waals surface area contributed by atoms with Gasteiger partial charge in [0.2, 0.25) is 5.76 Å². The molecular formula is C12H18ClN3O2. The summed E-state index contributed by atoms with van der Waals surface area (Å²) in [6, 6.07) is 0. The highest BCUT2D eigenvalue weighted by molar-refractivity contribution is 6.18. The Morgan fingerprint density at radius 1 is 1.33 bits per heavy atom. The van der Waals surface area contributed by atoms with E-state index in [1.54, 1.807) is 13.8 Å². The van der Waals surface area contributed by atoms with Crippen LogP contribution in [-0.2, 0) is 0 Å². The van der Waals surface area contributed by atoms with Crippen molar-refractivity contribution < 1.29 is 9.21 Å². The molecule has 1 aromatic rings. The molecule has 1 aromatic heterocycles. The van der Waals surface area contributed by atoms with Crippen LogP contribution >= 0.6 is 11.6 Å². The van der Waals surface area contributed by atoms with Crippen molar-refractivity contribution in [1.82, 2.24) is 14.8 Å². The third-order valence-corrected chi connectivity index (χ3v) is 3.33. The van der Waals surface area contributed by atoms with E-state index in [1.807, 2.05) is 4.90 Å². The average molecular weight is 272 g/mol. The minimum Gasteiger partial charge on any atom is -0.436 e. The second-order valence-electron chi connectivity index (χ2n) is 4.47. The van der Waals surface area contributed by atoms with Gasteiger partial charge in [0.1, 0.15) is 0 Å². The molecule has 5 nitrogen and oxygen atoms in total. The molecule has 2 rings (SSSR count). The summed E-state index contributed by atoms with van der Waals surface area (Å²) >= 11 is 5.71. The summed E-state index contributed by atoms with van der Waals surface area (Å²) in [5.41, 5.74) is 0.667. The van der Waals surface area contributed by atoms with Crippen LogP contribution in [0.2, 0.25) is 0 Å². The summed E-state index contributed by atoms with van der Waals surface area (Å²) in [6.45, 7) is 7.60. The minimum atomic E-state index is -0.0568. The van der Waals surface area contributed by atoms with E-state index in [1.165, 1.54) is 0 Å². The fourth-order valence-electron chi connectivity index (χ4n) is 2.17. The number of aryl methyl sites for hydroxylation is 2. The largest absolute Gasteiger partial charge is 0.436 e. The van der Waals surface area contributed by atoms with Crippen LogP contribution in [0.3, 0.4) is 0 Å². The van der Waals surface area contributed by atoms with Crippen LogP contribution < -0.4 is 0 Å². The number of amides is 1. The summed E-state index contributed by atoms with van der Waals surface area (Å²) in [4.78, 5) is 20.5. The lowest BCUT2D eigenvalue weighted by Crippen LogP contribution is -2.49. The molecule has 0 aliphatic carbocycles. The topological polar surface area (TPSA) is 49.6 Å². The first-order valence-electron chi connectivity index (χ1n) is 6.13. The van der Waals surface area contributed by atoms with Gasteiger partial charge in [0.05, 0.1) is 5.69 Å². The molecule has 1 aliphatic rings. The Morgan fingerprint density at radius 2 is 2.00 bits per heavy atom. The van der Waals surface area contributed by atoms with Crippen LogP contribution in [0.15, 0.2) is 4.42 Å². The number of halogens is 1. The van der Waals surface area contributed by atoms with E-state index >= 15 is 0 Å². The zero-order valence-corrected chi connectivity index (χ0v) is 11.5. The van der Waals surface area contributed by atoms with Crippen LogP contribution in [0.4, 0.5) is 0 Å². The summed E-state index contributed by atoms with van der Waals surface area (Å²) in [5.74, 6) is 1.49. The third kappa shape index (κ3) is 2.84. The first kappa shape index (κ1) is 13.4. The molecule has 0 radical (unpaired) electrons. The van der Waals surface area contributed by atoms with Crippen molar-refractivity contribution in [3.05, 3.63) is 17.3 Å². The molecule has 0 spiro atoms. The maximum absolute atomic E-state index is 12.2. The van der Waals surface area contributed by atoms with Crippen LogP contribution in [0.25, 0.3) is 0 Å². The fourth-order valence-corrected chi connectivity index (χ4v) is 2.41. The number of nitrogens with zero attached hydrogens (tertiary/aromatic N) is 3. The van der Waals surface area contributed by atoms with Crippen molar-refractivity contribution in [2.75, 3.05) is 38.6 Å². The van der Waals surface area contributed by atoms with Gasteiger partial charge in [0, 0.05) is 45.5 Å². The predicted octanol–water partition coefficient (Wildman–Crippen LogP) is 1.29. The molecular weight excluding hydrogens is 254 g/mol. The normalized spacial score (nSPS) is 17.2. The van der Waals surface area contributed by atoms with E-state index in [9.17, 15) is 4.79 Å². The summed E-state index contributed by atoms with van der Waals surface area (Å²) in [6.07, 6.45) is 0. The van der Waals surface area contributed by atoms with Crippen molar-refractivity contribution in [3.63, 3.8) is 0 Å². The van der Waals surface area contributed by atoms with E-state index in [0.29, 0.717) is 23.2 Å². The van der Waals surface area contributed by atoms with Gasteiger partial charge in [0.25, 0.3) is 5.91 Å². The zero-order valence-electron chi connectivity index (χ0n) is 10.8. The Kier molecular flexibility index (Phi) is 4.24. The molecule has 18 heavy (non-hydrogen) atoms. The van der Waals surface area contributed by atoms with Crippen molar-refractivity contribution in [3.8, 4) is 0 Å². The van der Waals surface area contributed by atoms with Gasteiger partial charge in [-0.15, -0.1) is 11.6 Å². The predicted molar refractivity (Wildman–Crippen MR) is 69.0 cm³/mol. The van der Waals surface area contributed by atoms with Crippen LogP contribution in [0.1, 0.15) is 22.1 Å². The fraction of sp³-hybridized carbons (Fsp3) is 0.667. The molecule has 0 bridgehead atoms. The molecule has 100 valence electrons. The quantitative estimate of drug-likeness (QED) is 0.778. The first-order valence-corrected chi connectivity index (χ1v) is 6.67. The van der Waals surface area contributed by atoms with Crippen LogP contribution in [0.5, 0.6) is 0 Å². The van der Waals surface area contributed by atoms with Gasteiger partial charge < -0.3 is 9.32 Å².